The Labute approximate surface area is 143 Å². The van der Waals surface area contributed by atoms with Crippen LogP contribution < -0.4 is 15.5 Å². The molecule has 3 N–H and O–H groups in total. The molecule has 1 atom stereocenters. The third-order valence-corrected chi connectivity index (χ3v) is 5.12. The van der Waals surface area contributed by atoms with Crippen LogP contribution in [0.5, 0.6) is 0 Å². The van der Waals surface area contributed by atoms with Gasteiger partial charge in [0.15, 0.2) is 6.04 Å². The zero-order chi connectivity index (χ0) is 17.4. The molecule has 128 valence electrons. The number of hydrogen-bond donors (Lipinski definition) is 2. The maximum absolute atomic E-state index is 13.3. The third kappa shape index (κ3) is 3.01. The molecule has 3 amide bonds. The van der Waals surface area contributed by atoms with Gasteiger partial charge >= 0.3 is 0 Å². The Bertz CT molecular complexity index is 704. The number of primary amides is 1. The Morgan fingerprint density at radius 3 is 2.54 bits per heavy atom. The second kappa shape index (κ2) is 6.49. The summed E-state index contributed by atoms with van der Waals surface area (Å²) in [6.07, 6.45) is 1.33. The number of rotatable bonds is 3. The molecule has 2 aliphatic heterocycles. The maximum atomic E-state index is 13.3. The van der Waals surface area contributed by atoms with Crippen LogP contribution in [0.15, 0.2) is 18.2 Å². The number of amides is 3. The van der Waals surface area contributed by atoms with E-state index >= 15 is 0 Å². The van der Waals surface area contributed by atoms with Gasteiger partial charge in [-0.25, -0.2) is 9.29 Å². The summed E-state index contributed by atoms with van der Waals surface area (Å²) in [5.41, 5.74) is 5.60. The van der Waals surface area contributed by atoms with Gasteiger partial charge < -0.3 is 10.6 Å². The van der Waals surface area contributed by atoms with Crippen LogP contribution in [0.3, 0.4) is 0 Å². The fraction of sp³-hybridized carbons (Fsp3) is 0.438. The molecule has 2 aliphatic rings. The molecule has 0 radical (unpaired) electrons. The minimum atomic E-state index is -0.602. The molecule has 24 heavy (non-hydrogen) atoms. The largest absolute Gasteiger partial charge is 0.369 e. The van der Waals surface area contributed by atoms with E-state index in [-0.39, 0.29) is 40.8 Å². The predicted molar refractivity (Wildman–Crippen MR) is 84.9 cm³/mol. The van der Waals surface area contributed by atoms with E-state index in [9.17, 15) is 18.8 Å². The number of piperidine rings is 1. The number of anilines is 1. The van der Waals surface area contributed by atoms with Gasteiger partial charge in [0, 0.05) is 18.8 Å². The maximum Gasteiger partial charge on any atom is 0.292 e. The van der Waals surface area contributed by atoms with Gasteiger partial charge in [0.1, 0.15) is 5.82 Å². The van der Waals surface area contributed by atoms with Crippen molar-refractivity contribution < 1.29 is 23.7 Å². The third-order valence-electron chi connectivity index (χ3n) is 4.83. The summed E-state index contributed by atoms with van der Waals surface area (Å²) < 4.78 is 13.3. The minimum absolute atomic E-state index is 0.102. The van der Waals surface area contributed by atoms with Crippen molar-refractivity contribution >= 4 is 35.0 Å². The standard InChI is InChI=1S/C16H17ClFN3O3/c17-11-7-10(1-2-12(11)18)21-14(22)8-13(16(21)24)20-5-3-9(4-6-20)15(19)23/h1-2,7,9,13H,3-6,8H2,(H2,19,23)/p+1/t13-/m1/s1. The Morgan fingerprint density at radius 1 is 1.29 bits per heavy atom. The van der Waals surface area contributed by atoms with Gasteiger partial charge in [-0.3, -0.25) is 14.4 Å². The number of benzene rings is 1. The average Bonchev–Trinajstić information content (AvgIpc) is 2.85. The first-order valence-corrected chi connectivity index (χ1v) is 8.22. The van der Waals surface area contributed by atoms with Crippen molar-refractivity contribution in [3.63, 3.8) is 0 Å². The van der Waals surface area contributed by atoms with Crippen molar-refractivity contribution in [1.82, 2.24) is 0 Å². The van der Waals surface area contributed by atoms with E-state index < -0.39 is 11.9 Å². The van der Waals surface area contributed by atoms with E-state index in [1.807, 2.05) is 0 Å². The van der Waals surface area contributed by atoms with E-state index in [1.165, 1.54) is 12.1 Å². The highest BCUT2D eigenvalue weighted by Gasteiger charge is 2.46. The van der Waals surface area contributed by atoms with Crippen LogP contribution in [0.1, 0.15) is 19.3 Å². The summed E-state index contributed by atoms with van der Waals surface area (Å²) in [5, 5.41) is -0.133. The molecule has 1 aromatic carbocycles. The van der Waals surface area contributed by atoms with E-state index in [2.05, 4.69) is 0 Å². The fourth-order valence-electron chi connectivity index (χ4n) is 3.47. The van der Waals surface area contributed by atoms with E-state index in [4.69, 9.17) is 17.3 Å². The minimum Gasteiger partial charge on any atom is -0.369 e. The average molecular weight is 355 g/mol. The Hall–Kier alpha value is -1.99. The summed E-state index contributed by atoms with van der Waals surface area (Å²) in [5.74, 6) is -1.71. The number of halogens is 2. The van der Waals surface area contributed by atoms with E-state index in [1.54, 1.807) is 0 Å². The van der Waals surface area contributed by atoms with Gasteiger partial charge in [-0.15, -0.1) is 0 Å². The lowest BCUT2D eigenvalue weighted by Crippen LogP contribution is -3.17. The van der Waals surface area contributed by atoms with Crippen molar-refractivity contribution in [2.45, 2.75) is 25.3 Å². The lowest BCUT2D eigenvalue weighted by Gasteiger charge is -2.30. The van der Waals surface area contributed by atoms with Gasteiger partial charge in [0.25, 0.3) is 5.91 Å². The Balaban J connectivity index is 1.75. The first-order chi connectivity index (χ1) is 11.4. The number of likely N-dealkylation sites (tertiary alicyclic amines) is 1. The molecule has 0 saturated carbocycles. The number of carbonyl (C=O) groups excluding carboxylic acids is 3. The summed E-state index contributed by atoms with van der Waals surface area (Å²) in [6.45, 7) is 1.24. The normalized spacial score (nSPS) is 27.6. The first kappa shape index (κ1) is 16.9. The molecule has 1 aromatic rings. The molecule has 0 aliphatic carbocycles. The van der Waals surface area contributed by atoms with Gasteiger partial charge in [-0.1, -0.05) is 11.6 Å². The highest BCUT2D eigenvalue weighted by Crippen LogP contribution is 2.27. The molecule has 8 heteroatoms. The second-order valence-corrected chi connectivity index (χ2v) is 6.66. The molecule has 2 saturated heterocycles. The molecule has 3 rings (SSSR count). The SMILES string of the molecule is NC(=O)C1CC[NH+]([C@@H]2CC(=O)N(c3ccc(F)c(Cl)c3)C2=O)CC1. The number of carbonyl (C=O) groups is 3. The molecule has 2 heterocycles. The van der Waals surface area contributed by atoms with E-state index in [0.717, 1.165) is 15.9 Å². The van der Waals surface area contributed by atoms with Crippen LogP contribution >= 0.6 is 11.6 Å². The highest BCUT2D eigenvalue weighted by atomic mass is 35.5. The van der Waals surface area contributed by atoms with Gasteiger partial charge in [-0.2, -0.15) is 0 Å². The summed E-state index contributed by atoms with van der Waals surface area (Å²) in [7, 11) is 0. The smallest absolute Gasteiger partial charge is 0.292 e. The number of imide groups is 1. The zero-order valence-corrected chi connectivity index (χ0v) is 13.7. The molecular formula is C16H18ClFN3O3+. The predicted octanol–water partition coefficient (Wildman–Crippen LogP) is -0.109. The van der Waals surface area contributed by atoms with E-state index in [0.29, 0.717) is 25.9 Å². The summed E-state index contributed by atoms with van der Waals surface area (Å²) in [6, 6.07) is 3.31. The summed E-state index contributed by atoms with van der Waals surface area (Å²) >= 11 is 5.75. The Morgan fingerprint density at radius 2 is 1.96 bits per heavy atom. The van der Waals surface area contributed by atoms with Crippen LogP contribution in [-0.4, -0.2) is 36.9 Å². The summed E-state index contributed by atoms with van der Waals surface area (Å²) in [4.78, 5) is 38.3. The Kier molecular flexibility index (Phi) is 4.56. The van der Waals surface area contributed by atoms with Gasteiger partial charge in [0.2, 0.25) is 11.8 Å². The lowest BCUT2D eigenvalue weighted by molar-refractivity contribution is -0.920. The second-order valence-electron chi connectivity index (χ2n) is 6.26. The van der Waals surface area contributed by atoms with Crippen molar-refractivity contribution in [2.24, 2.45) is 11.7 Å². The van der Waals surface area contributed by atoms with Crippen molar-refractivity contribution in [1.29, 1.82) is 0 Å². The highest BCUT2D eigenvalue weighted by molar-refractivity contribution is 6.31. The van der Waals surface area contributed by atoms with Crippen LogP contribution in [0.25, 0.3) is 0 Å². The van der Waals surface area contributed by atoms with Crippen LogP contribution in [0.2, 0.25) is 5.02 Å². The quantitative estimate of drug-likeness (QED) is 0.743. The molecule has 0 unspecified atom stereocenters. The molecule has 0 spiro atoms. The first-order valence-electron chi connectivity index (χ1n) is 7.84. The number of nitrogens with two attached hydrogens (primary N) is 1. The van der Waals surface area contributed by atoms with Crippen LogP contribution in [0, 0.1) is 11.7 Å². The topological polar surface area (TPSA) is 84.9 Å². The van der Waals surface area contributed by atoms with Crippen molar-refractivity contribution in [2.75, 3.05) is 18.0 Å². The molecule has 2 fully saturated rings. The zero-order valence-electron chi connectivity index (χ0n) is 12.9. The van der Waals surface area contributed by atoms with Crippen molar-refractivity contribution in [3.05, 3.63) is 29.0 Å². The molecule has 0 bridgehead atoms. The monoisotopic (exact) mass is 354 g/mol. The number of quaternary nitrogens is 1. The fourth-order valence-corrected chi connectivity index (χ4v) is 3.64. The van der Waals surface area contributed by atoms with Gasteiger partial charge in [0.05, 0.1) is 30.2 Å². The van der Waals surface area contributed by atoms with Crippen LogP contribution in [0.4, 0.5) is 10.1 Å². The molecule has 6 nitrogen and oxygen atoms in total. The lowest BCUT2D eigenvalue weighted by atomic mass is 9.95. The number of hydrogen-bond acceptors (Lipinski definition) is 3. The molecule has 0 aromatic heterocycles. The number of nitrogens with zero attached hydrogens (tertiary/aromatic N) is 1. The van der Waals surface area contributed by atoms with Gasteiger partial charge in [-0.05, 0) is 18.2 Å². The van der Waals surface area contributed by atoms with Crippen LogP contribution in [-0.2, 0) is 14.4 Å². The number of nitrogens with one attached hydrogen (secondary N) is 1. The van der Waals surface area contributed by atoms with Crippen molar-refractivity contribution in [3.8, 4) is 0 Å². The molecular weight excluding hydrogens is 337 g/mol.